The van der Waals surface area contributed by atoms with Crippen LogP contribution in [-0.2, 0) is 0 Å². The zero-order valence-electron chi connectivity index (χ0n) is 12.2. The maximum absolute atomic E-state index is 2.24. The van der Waals surface area contributed by atoms with Crippen LogP contribution < -0.4 is 0 Å². The molecule has 0 bridgehead atoms. The van der Waals surface area contributed by atoms with E-state index in [1.165, 1.54) is 27.1 Å². The van der Waals surface area contributed by atoms with Gasteiger partial charge >= 0.3 is 0 Å². The smallest absolute Gasteiger partial charge is 0.0178 e. The molecule has 102 valence electrons. The predicted octanol–water partition coefficient (Wildman–Crippen LogP) is 5.99. The monoisotopic (exact) mass is 270 g/mol. The lowest BCUT2D eigenvalue weighted by Gasteiger charge is -2.00. The minimum Gasteiger partial charge on any atom is -0.0622 e. The molecule has 0 amide bonds. The third-order valence-corrected chi connectivity index (χ3v) is 3.55. The van der Waals surface area contributed by atoms with Crippen LogP contribution in [0.15, 0.2) is 91.0 Å². The first kappa shape index (κ1) is 13.4. The Morgan fingerprint density at radius 3 is 1.05 bits per heavy atom. The summed E-state index contributed by atoms with van der Waals surface area (Å²) in [7, 11) is 0. The molecule has 0 aromatic heterocycles. The minimum atomic E-state index is 1.31. The van der Waals surface area contributed by atoms with Crippen LogP contribution in [0.1, 0.15) is 5.56 Å². The molecule has 0 heteroatoms. The van der Waals surface area contributed by atoms with Gasteiger partial charge in [0.15, 0.2) is 0 Å². The van der Waals surface area contributed by atoms with Crippen LogP contribution in [-0.4, -0.2) is 0 Å². The summed E-state index contributed by atoms with van der Waals surface area (Å²) in [5.41, 5.74) is 1.32. The van der Waals surface area contributed by atoms with E-state index in [0.717, 1.165) is 0 Å². The van der Waals surface area contributed by atoms with E-state index in [1.54, 1.807) is 0 Å². The predicted molar refractivity (Wildman–Crippen MR) is 92.6 cm³/mol. The minimum absolute atomic E-state index is 1.31. The van der Waals surface area contributed by atoms with Crippen LogP contribution in [0.2, 0.25) is 0 Å². The summed E-state index contributed by atoms with van der Waals surface area (Å²) >= 11 is 0. The maximum Gasteiger partial charge on any atom is -0.0178 e. The summed E-state index contributed by atoms with van der Waals surface area (Å²) < 4.78 is 0. The molecule has 4 aromatic rings. The first-order valence-electron chi connectivity index (χ1n) is 7.22. The highest BCUT2D eigenvalue weighted by Crippen LogP contribution is 2.21. The third kappa shape index (κ3) is 3.29. The zero-order chi connectivity index (χ0) is 14.5. The second-order valence-electron chi connectivity index (χ2n) is 5.20. The molecule has 0 nitrogen and oxygen atoms in total. The summed E-state index contributed by atoms with van der Waals surface area (Å²) in [6.45, 7) is 2.08. The second kappa shape index (κ2) is 6.23. The van der Waals surface area contributed by atoms with E-state index >= 15 is 0 Å². The molecule has 0 aliphatic heterocycles. The molecule has 4 aromatic carbocycles. The Kier molecular flexibility index (Phi) is 3.97. The van der Waals surface area contributed by atoms with E-state index in [2.05, 4.69) is 79.7 Å². The number of benzene rings is 4. The molecule has 0 fully saturated rings. The van der Waals surface area contributed by atoms with Crippen molar-refractivity contribution >= 4 is 21.5 Å². The van der Waals surface area contributed by atoms with E-state index in [4.69, 9.17) is 0 Å². The number of hydrogen-bond acceptors (Lipinski definition) is 0. The summed E-state index contributed by atoms with van der Waals surface area (Å²) in [4.78, 5) is 0. The molecule has 0 saturated carbocycles. The summed E-state index contributed by atoms with van der Waals surface area (Å²) in [5.74, 6) is 0. The van der Waals surface area contributed by atoms with Gasteiger partial charge in [0, 0.05) is 0 Å². The average molecular weight is 270 g/mol. The van der Waals surface area contributed by atoms with Crippen LogP contribution in [0.25, 0.3) is 21.5 Å². The summed E-state index contributed by atoms with van der Waals surface area (Å²) in [6.07, 6.45) is 0. The highest BCUT2D eigenvalue weighted by Gasteiger charge is 1.95. The molecule has 0 radical (unpaired) electrons. The number of aryl methyl sites for hydroxylation is 1. The first-order valence-corrected chi connectivity index (χ1v) is 7.22. The molecule has 21 heavy (non-hydrogen) atoms. The standard InChI is InChI=1S/C14H10.C7H8/c1-2-6-12-10-14-8-4-3-7-13(14)9-11(12)5-1;1-7-5-3-2-4-6-7/h1-10H;2-6H,1H3. The van der Waals surface area contributed by atoms with Gasteiger partial charge in [0.05, 0.1) is 0 Å². The lowest BCUT2D eigenvalue weighted by molar-refractivity contribution is 1.48. The van der Waals surface area contributed by atoms with Gasteiger partial charge in [0.25, 0.3) is 0 Å². The van der Waals surface area contributed by atoms with Crippen molar-refractivity contribution in [1.29, 1.82) is 0 Å². The van der Waals surface area contributed by atoms with Crippen LogP contribution in [0.5, 0.6) is 0 Å². The molecular formula is C21H18. The van der Waals surface area contributed by atoms with Gasteiger partial charge in [0.2, 0.25) is 0 Å². The Labute approximate surface area is 125 Å². The lowest BCUT2D eigenvalue weighted by Crippen LogP contribution is -1.74. The molecule has 4 rings (SSSR count). The molecule has 0 atom stereocenters. The first-order chi connectivity index (χ1) is 10.3. The van der Waals surface area contributed by atoms with E-state index in [1.807, 2.05) is 18.2 Å². The normalized spacial score (nSPS) is 10.1. The fourth-order valence-corrected chi connectivity index (χ4v) is 2.42. The topological polar surface area (TPSA) is 0 Å². The van der Waals surface area contributed by atoms with Crippen molar-refractivity contribution in [1.82, 2.24) is 0 Å². The Morgan fingerprint density at radius 1 is 0.429 bits per heavy atom. The van der Waals surface area contributed by atoms with Gasteiger partial charge in [-0.3, -0.25) is 0 Å². The molecule has 0 spiro atoms. The second-order valence-corrected chi connectivity index (χ2v) is 5.20. The Hall–Kier alpha value is -2.60. The van der Waals surface area contributed by atoms with Gasteiger partial charge in [-0.05, 0) is 40.6 Å². The van der Waals surface area contributed by atoms with Crippen LogP contribution >= 0.6 is 0 Å². The molecule has 0 unspecified atom stereocenters. The highest BCUT2D eigenvalue weighted by molar-refractivity contribution is 5.98. The molecule has 0 saturated heterocycles. The van der Waals surface area contributed by atoms with Gasteiger partial charge in [0.1, 0.15) is 0 Å². The quantitative estimate of drug-likeness (QED) is 0.344. The maximum atomic E-state index is 2.24. The fraction of sp³-hybridized carbons (Fsp3) is 0.0476. The van der Waals surface area contributed by atoms with Crippen molar-refractivity contribution < 1.29 is 0 Å². The SMILES string of the molecule is Cc1ccccc1.c1ccc2cc3ccccc3cc2c1. The lowest BCUT2D eigenvalue weighted by atomic mass is 10.0. The van der Waals surface area contributed by atoms with Crippen molar-refractivity contribution in [3.05, 3.63) is 96.6 Å². The van der Waals surface area contributed by atoms with Gasteiger partial charge in [-0.25, -0.2) is 0 Å². The molecule has 0 heterocycles. The van der Waals surface area contributed by atoms with Crippen molar-refractivity contribution in [3.63, 3.8) is 0 Å². The highest BCUT2D eigenvalue weighted by atomic mass is 14.0. The van der Waals surface area contributed by atoms with E-state index in [0.29, 0.717) is 0 Å². The van der Waals surface area contributed by atoms with Crippen molar-refractivity contribution in [2.24, 2.45) is 0 Å². The number of hydrogen-bond donors (Lipinski definition) is 0. The summed E-state index contributed by atoms with van der Waals surface area (Å²) in [5, 5.41) is 5.25. The Bertz CT molecular complexity index is 740. The molecule has 0 aliphatic rings. The largest absolute Gasteiger partial charge is 0.0622 e. The van der Waals surface area contributed by atoms with Gasteiger partial charge in [-0.15, -0.1) is 0 Å². The number of fused-ring (bicyclic) bond motifs is 2. The Balaban J connectivity index is 0.000000160. The van der Waals surface area contributed by atoms with Crippen LogP contribution in [0.4, 0.5) is 0 Å². The van der Waals surface area contributed by atoms with Crippen molar-refractivity contribution in [2.45, 2.75) is 6.92 Å². The van der Waals surface area contributed by atoms with Gasteiger partial charge < -0.3 is 0 Å². The van der Waals surface area contributed by atoms with Crippen molar-refractivity contribution in [3.8, 4) is 0 Å². The van der Waals surface area contributed by atoms with E-state index in [-0.39, 0.29) is 0 Å². The molecular weight excluding hydrogens is 252 g/mol. The molecule has 0 N–H and O–H groups in total. The average Bonchev–Trinajstić information content (AvgIpc) is 2.54. The van der Waals surface area contributed by atoms with E-state index in [9.17, 15) is 0 Å². The molecule has 0 aliphatic carbocycles. The van der Waals surface area contributed by atoms with Crippen molar-refractivity contribution in [2.75, 3.05) is 0 Å². The van der Waals surface area contributed by atoms with Crippen LogP contribution in [0, 0.1) is 6.92 Å². The van der Waals surface area contributed by atoms with Crippen LogP contribution in [0.3, 0.4) is 0 Å². The fourth-order valence-electron chi connectivity index (χ4n) is 2.42. The summed E-state index contributed by atoms with van der Waals surface area (Å²) in [6, 6.07) is 31.7. The number of rotatable bonds is 0. The van der Waals surface area contributed by atoms with Gasteiger partial charge in [-0.2, -0.15) is 0 Å². The van der Waals surface area contributed by atoms with Gasteiger partial charge in [-0.1, -0.05) is 84.4 Å². The zero-order valence-corrected chi connectivity index (χ0v) is 12.2. The Morgan fingerprint density at radius 2 is 0.762 bits per heavy atom. The van der Waals surface area contributed by atoms with E-state index < -0.39 is 0 Å². The third-order valence-electron chi connectivity index (χ3n) is 3.55.